The number of ether oxygens (including phenoxy) is 2. The van der Waals surface area contributed by atoms with Gasteiger partial charge in [0.15, 0.2) is 0 Å². The molecule has 1 N–H and O–H groups in total. The molecular weight excluding hydrogens is 384 g/mol. The summed E-state index contributed by atoms with van der Waals surface area (Å²) in [5, 5.41) is 11.9. The predicted octanol–water partition coefficient (Wildman–Crippen LogP) is 1.47. The van der Waals surface area contributed by atoms with Crippen LogP contribution < -0.4 is 14.4 Å². The number of nitrogens with zero attached hydrogens (tertiary/aromatic N) is 6. The van der Waals surface area contributed by atoms with E-state index in [1.807, 2.05) is 31.4 Å². The SMILES string of the molecule is COc1ncc(C2(O)[C@@H]3CCC[C@H]2CN(Cc2cnc(N(C)C)nc2)C3)c(OC)n1. The molecule has 0 amide bonds. The van der Waals surface area contributed by atoms with Gasteiger partial charge in [-0.2, -0.15) is 4.98 Å². The fourth-order valence-corrected chi connectivity index (χ4v) is 4.91. The molecule has 1 aliphatic carbocycles. The molecule has 30 heavy (non-hydrogen) atoms. The summed E-state index contributed by atoms with van der Waals surface area (Å²) in [6.07, 6.45) is 8.47. The molecule has 1 unspecified atom stereocenters. The van der Waals surface area contributed by atoms with Gasteiger partial charge in [0.2, 0.25) is 11.8 Å². The van der Waals surface area contributed by atoms with Crippen molar-refractivity contribution in [3.63, 3.8) is 0 Å². The molecule has 2 aromatic rings. The van der Waals surface area contributed by atoms with Crippen molar-refractivity contribution in [1.29, 1.82) is 0 Å². The van der Waals surface area contributed by atoms with Crippen LogP contribution in [0.15, 0.2) is 18.6 Å². The smallest absolute Gasteiger partial charge is 0.319 e. The Morgan fingerprint density at radius 2 is 1.73 bits per heavy atom. The maximum atomic E-state index is 11.9. The molecule has 2 bridgehead atoms. The Bertz CT molecular complexity index is 862. The van der Waals surface area contributed by atoms with E-state index in [0.717, 1.165) is 44.5 Å². The second-order valence-corrected chi connectivity index (χ2v) is 8.41. The maximum Gasteiger partial charge on any atom is 0.319 e. The van der Waals surface area contributed by atoms with Crippen LogP contribution in [0.25, 0.3) is 0 Å². The van der Waals surface area contributed by atoms with Gasteiger partial charge in [-0.25, -0.2) is 15.0 Å². The van der Waals surface area contributed by atoms with E-state index in [9.17, 15) is 5.11 Å². The lowest BCUT2D eigenvalue weighted by molar-refractivity contribution is -0.149. The Labute approximate surface area is 177 Å². The number of hydrogen-bond donors (Lipinski definition) is 1. The van der Waals surface area contributed by atoms with E-state index < -0.39 is 5.60 Å². The van der Waals surface area contributed by atoms with Crippen LogP contribution >= 0.6 is 0 Å². The fraction of sp³-hybridized carbons (Fsp3) is 0.619. The Morgan fingerprint density at radius 1 is 1.07 bits per heavy atom. The Hall–Kier alpha value is -2.52. The lowest BCUT2D eigenvalue weighted by Crippen LogP contribution is -2.58. The number of piperidine rings is 1. The molecule has 1 saturated carbocycles. The number of hydrogen-bond acceptors (Lipinski definition) is 9. The van der Waals surface area contributed by atoms with E-state index in [1.165, 1.54) is 7.11 Å². The monoisotopic (exact) mass is 414 g/mol. The lowest BCUT2D eigenvalue weighted by atomic mass is 9.63. The van der Waals surface area contributed by atoms with Crippen LogP contribution in [0.3, 0.4) is 0 Å². The zero-order chi connectivity index (χ0) is 21.3. The van der Waals surface area contributed by atoms with Gasteiger partial charge in [0.25, 0.3) is 0 Å². The highest BCUT2D eigenvalue weighted by atomic mass is 16.5. The molecular formula is C21H30N6O3. The van der Waals surface area contributed by atoms with Crippen LogP contribution in [-0.4, -0.2) is 71.3 Å². The first-order valence-corrected chi connectivity index (χ1v) is 10.3. The van der Waals surface area contributed by atoms with Gasteiger partial charge in [0.05, 0.1) is 19.8 Å². The second-order valence-electron chi connectivity index (χ2n) is 8.41. The van der Waals surface area contributed by atoms with Crippen LogP contribution in [0.2, 0.25) is 0 Å². The van der Waals surface area contributed by atoms with E-state index >= 15 is 0 Å². The summed E-state index contributed by atoms with van der Waals surface area (Å²) in [4.78, 5) is 21.7. The van der Waals surface area contributed by atoms with Gasteiger partial charge in [-0.3, -0.25) is 4.90 Å². The summed E-state index contributed by atoms with van der Waals surface area (Å²) < 4.78 is 10.6. The molecule has 0 spiro atoms. The van der Waals surface area contributed by atoms with Gasteiger partial charge in [0.1, 0.15) is 5.60 Å². The number of aromatic nitrogens is 4. The Morgan fingerprint density at radius 3 is 2.30 bits per heavy atom. The molecule has 1 aliphatic heterocycles. The predicted molar refractivity (Wildman–Crippen MR) is 111 cm³/mol. The summed E-state index contributed by atoms with van der Waals surface area (Å²) in [5.74, 6) is 1.26. The Balaban J connectivity index is 1.56. The van der Waals surface area contributed by atoms with E-state index in [2.05, 4.69) is 24.8 Å². The van der Waals surface area contributed by atoms with Crippen LogP contribution in [-0.2, 0) is 12.1 Å². The van der Waals surface area contributed by atoms with E-state index in [-0.39, 0.29) is 17.8 Å². The third kappa shape index (κ3) is 3.67. The first kappa shape index (κ1) is 20.7. The average Bonchev–Trinajstić information content (AvgIpc) is 2.74. The molecule has 2 aliphatic rings. The van der Waals surface area contributed by atoms with Gasteiger partial charge in [-0.15, -0.1) is 0 Å². The molecule has 9 nitrogen and oxygen atoms in total. The van der Waals surface area contributed by atoms with E-state index in [0.29, 0.717) is 17.4 Å². The van der Waals surface area contributed by atoms with Crippen LogP contribution in [0.1, 0.15) is 30.4 Å². The summed E-state index contributed by atoms with van der Waals surface area (Å²) in [5.41, 5.74) is 0.741. The molecule has 3 heterocycles. The van der Waals surface area contributed by atoms with Crippen LogP contribution in [0.4, 0.5) is 5.95 Å². The third-order valence-electron chi connectivity index (χ3n) is 6.34. The van der Waals surface area contributed by atoms with E-state index in [1.54, 1.807) is 13.3 Å². The molecule has 162 valence electrons. The Kier molecular flexibility index (Phi) is 5.75. The summed E-state index contributed by atoms with van der Waals surface area (Å²) in [6.45, 7) is 2.35. The third-order valence-corrected chi connectivity index (χ3v) is 6.34. The minimum absolute atomic E-state index is 0.0814. The second kappa shape index (κ2) is 8.31. The van der Waals surface area contributed by atoms with Crippen molar-refractivity contribution in [3.8, 4) is 11.9 Å². The van der Waals surface area contributed by atoms with Crippen LogP contribution in [0, 0.1) is 11.8 Å². The van der Waals surface area contributed by atoms with Crippen molar-refractivity contribution in [2.24, 2.45) is 11.8 Å². The van der Waals surface area contributed by atoms with E-state index in [4.69, 9.17) is 9.47 Å². The standard InChI is InChI=1S/C21H30N6O3/c1-26(2)19-22-8-14(9-23-19)11-27-12-15-6-5-7-16(13-27)21(15,28)17-10-24-20(30-4)25-18(17)29-3/h8-10,15-16,28H,5-7,11-13H2,1-4H3/t15-,16+,21?. The molecule has 3 atom stereocenters. The first-order chi connectivity index (χ1) is 14.5. The number of methoxy groups -OCH3 is 2. The minimum Gasteiger partial charge on any atom is -0.481 e. The molecule has 2 aromatic heterocycles. The van der Waals surface area contributed by atoms with Gasteiger partial charge < -0.3 is 19.5 Å². The average molecular weight is 415 g/mol. The highest BCUT2D eigenvalue weighted by molar-refractivity contribution is 5.34. The van der Waals surface area contributed by atoms with Gasteiger partial charge in [-0.1, -0.05) is 6.42 Å². The molecule has 1 saturated heterocycles. The number of aliphatic hydroxyl groups is 1. The highest BCUT2D eigenvalue weighted by Crippen LogP contribution is 2.51. The van der Waals surface area contributed by atoms with Gasteiger partial charge in [-0.05, 0) is 12.8 Å². The lowest BCUT2D eigenvalue weighted by Gasteiger charge is -2.53. The molecule has 9 heteroatoms. The number of rotatable bonds is 6. The molecule has 4 rings (SSSR count). The molecule has 0 aromatic carbocycles. The normalized spacial score (nSPS) is 26.3. The minimum atomic E-state index is -1.00. The van der Waals surface area contributed by atoms with Crippen molar-refractivity contribution in [2.75, 3.05) is 46.3 Å². The van der Waals surface area contributed by atoms with Crippen molar-refractivity contribution < 1.29 is 14.6 Å². The van der Waals surface area contributed by atoms with Crippen LogP contribution in [0.5, 0.6) is 11.9 Å². The summed E-state index contributed by atoms with van der Waals surface area (Å²) in [6, 6.07) is 0.239. The first-order valence-electron chi connectivity index (χ1n) is 10.3. The van der Waals surface area contributed by atoms with Gasteiger partial charge in [0, 0.05) is 69.7 Å². The summed E-state index contributed by atoms with van der Waals surface area (Å²) in [7, 11) is 6.94. The zero-order valence-electron chi connectivity index (χ0n) is 18.1. The van der Waals surface area contributed by atoms with Gasteiger partial charge >= 0.3 is 6.01 Å². The molecule has 0 radical (unpaired) electrons. The number of anilines is 1. The fourth-order valence-electron chi connectivity index (χ4n) is 4.91. The quantitative estimate of drug-likeness (QED) is 0.753. The van der Waals surface area contributed by atoms with Crippen molar-refractivity contribution >= 4 is 5.95 Å². The summed E-state index contributed by atoms with van der Waals surface area (Å²) >= 11 is 0. The van der Waals surface area contributed by atoms with Crippen molar-refractivity contribution in [3.05, 3.63) is 29.7 Å². The number of fused-ring (bicyclic) bond motifs is 2. The topological polar surface area (TPSA) is 96.7 Å². The van der Waals surface area contributed by atoms with Crippen molar-refractivity contribution in [1.82, 2.24) is 24.8 Å². The molecule has 2 fully saturated rings. The number of likely N-dealkylation sites (tertiary alicyclic amines) is 1. The maximum absolute atomic E-state index is 11.9. The highest BCUT2D eigenvalue weighted by Gasteiger charge is 2.53. The zero-order valence-corrected chi connectivity index (χ0v) is 18.1. The van der Waals surface area contributed by atoms with Crippen molar-refractivity contribution in [2.45, 2.75) is 31.4 Å². The largest absolute Gasteiger partial charge is 0.481 e.